The maximum Gasteiger partial charge on any atom is 0.250 e. The highest BCUT2D eigenvalue weighted by atomic mass is 16.5. The van der Waals surface area contributed by atoms with E-state index in [1.807, 2.05) is 31.3 Å². The largest absolute Gasteiger partial charge is 0.494 e. The maximum absolute atomic E-state index is 12.0. The summed E-state index contributed by atoms with van der Waals surface area (Å²) < 4.78 is 13.1. The number of hydrogen-bond donors (Lipinski definition) is 1. The number of ether oxygens (including phenoxy) is 2. The lowest BCUT2D eigenvalue weighted by Gasteiger charge is -2.28. The first kappa shape index (κ1) is 23.1. The molecule has 3 aromatic rings. The van der Waals surface area contributed by atoms with E-state index in [1.54, 1.807) is 16.7 Å². The Morgan fingerprint density at radius 1 is 1.03 bits per heavy atom. The molecule has 1 aliphatic rings. The predicted octanol–water partition coefficient (Wildman–Crippen LogP) is 4.30. The summed E-state index contributed by atoms with van der Waals surface area (Å²) in [6.07, 6.45) is 1.82. The summed E-state index contributed by atoms with van der Waals surface area (Å²) >= 11 is 0. The third-order valence-electron chi connectivity index (χ3n) is 5.94. The van der Waals surface area contributed by atoms with Crippen molar-refractivity contribution < 1.29 is 9.47 Å². The van der Waals surface area contributed by atoms with E-state index >= 15 is 0 Å². The average Bonchev–Trinajstić information content (AvgIpc) is 2.83. The van der Waals surface area contributed by atoms with Gasteiger partial charge in [-0.3, -0.25) is 9.69 Å². The molecule has 0 radical (unpaired) electrons. The Kier molecular flexibility index (Phi) is 7.81. The number of rotatable bonds is 9. The number of hydrogen-bond acceptors (Lipinski definition) is 5. The van der Waals surface area contributed by atoms with Gasteiger partial charge in [-0.25, -0.2) is 0 Å². The van der Waals surface area contributed by atoms with E-state index in [9.17, 15) is 4.79 Å². The molecule has 33 heavy (non-hydrogen) atoms. The van der Waals surface area contributed by atoms with Gasteiger partial charge in [0.25, 0.3) is 5.56 Å². The Bertz CT molecular complexity index is 1110. The normalized spacial score (nSPS) is 15.2. The van der Waals surface area contributed by atoms with E-state index in [-0.39, 0.29) is 11.6 Å². The summed E-state index contributed by atoms with van der Waals surface area (Å²) in [5, 5.41) is 3.62. The zero-order valence-corrected chi connectivity index (χ0v) is 19.5. The molecule has 4 rings (SSSR count). The third-order valence-corrected chi connectivity index (χ3v) is 5.94. The summed E-state index contributed by atoms with van der Waals surface area (Å²) in [7, 11) is 0. The van der Waals surface area contributed by atoms with Crippen molar-refractivity contribution in [3.05, 3.63) is 93.9 Å². The van der Waals surface area contributed by atoms with Crippen LogP contribution in [0, 0.1) is 0 Å². The van der Waals surface area contributed by atoms with Gasteiger partial charge in [0.15, 0.2) is 0 Å². The zero-order valence-electron chi connectivity index (χ0n) is 19.5. The van der Waals surface area contributed by atoms with Crippen LogP contribution in [-0.2, 0) is 17.8 Å². The lowest BCUT2D eigenvalue weighted by atomic mass is 10.0. The SMILES string of the molecule is CCOc1ccc(C(C)Nc2cccc(Cn3ccccc3=O)c2)cc1CN1CCOCC1. The standard InChI is InChI=1S/C27H33N3O3/c1-3-33-26-11-10-23(18-24(26)20-29-13-15-32-16-14-29)21(2)28-25-8-6-7-22(17-25)19-30-12-5-4-9-27(30)31/h4-12,17-18,21,28H,3,13-16,19-20H2,1-2H3. The van der Waals surface area contributed by atoms with Crippen molar-refractivity contribution in [3.63, 3.8) is 0 Å². The minimum absolute atomic E-state index is 0.00594. The van der Waals surface area contributed by atoms with Gasteiger partial charge in [-0.1, -0.05) is 24.3 Å². The number of nitrogens with one attached hydrogen (secondary N) is 1. The highest BCUT2D eigenvalue weighted by Gasteiger charge is 2.16. The van der Waals surface area contributed by atoms with Gasteiger partial charge < -0.3 is 19.4 Å². The minimum Gasteiger partial charge on any atom is -0.494 e. The second-order valence-electron chi connectivity index (χ2n) is 8.42. The lowest BCUT2D eigenvalue weighted by molar-refractivity contribution is 0.0338. The molecule has 174 valence electrons. The molecule has 0 spiro atoms. The van der Waals surface area contributed by atoms with Gasteiger partial charge in [0.2, 0.25) is 0 Å². The van der Waals surface area contributed by atoms with E-state index in [0.29, 0.717) is 13.2 Å². The molecule has 6 nitrogen and oxygen atoms in total. The molecule has 1 unspecified atom stereocenters. The molecule has 1 saturated heterocycles. The van der Waals surface area contributed by atoms with Gasteiger partial charge in [0, 0.05) is 49.2 Å². The molecule has 1 N–H and O–H groups in total. The van der Waals surface area contributed by atoms with Crippen LogP contribution >= 0.6 is 0 Å². The van der Waals surface area contributed by atoms with Crippen LogP contribution in [0.25, 0.3) is 0 Å². The topological polar surface area (TPSA) is 55.7 Å². The molecular formula is C27H33N3O3. The fourth-order valence-corrected chi connectivity index (χ4v) is 4.17. The number of morpholine rings is 1. The molecule has 0 aliphatic carbocycles. The Morgan fingerprint density at radius 3 is 2.67 bits per heavy atom. The van der Waals surface area contributed by atoms with Crippen molar-refractivity contribution in [3.8, 4) is 5.75 Å². The quantitative estimate of drug-likeness (QED) is 0.530. The van der Waals surface area contributed by atoms with E-state index in [4.69, 9.17) is 9.47 Å². The first-order valence-corrected chi connectivity index (χ1v) is 11.7. The molecule has 0 amide bonds. The van der Waals surface area contributed by atoms with Gasteiger partial charge in [-0.2, -0.15) is 0 Å². The first-order valence-electron chi connectivity index (χ1n) is 11.7. The van der Waals surface area contributed by atoms with Crippen molar-refractivity contribution in [1.82, 2.24) is 9.47 Å². The molecule has 2 aromatic carbocycles. The molecule has 1 aliphatic heterocycles. The predicted molar refractivity (Wildman–Crippen MR) is 132 cm³/mol. The molecular weight excluding hydrogens is 414 g/mol. The van der Waals surface area contributed by atoms with Crippen LogP contribution in [0.2, 0.25) is 0 Å². The van der Waals surface area contributed by atoms with Crippen LogP contribution in [0.4, 0.5) is 5.69 Å². The van der Waals surface area contributed by atoms with E-state index in [1.165, 1.54) is 11.1 Å². The number of pyridine rings is 1. The molecule has 6 heteroatoms. The van der Waals surface area contributed by atoms with Crippen molar-refractivity contribution in [2.75, 3.05) is 38.2 Å². The van der Waals surface area contributed by atoms with Gasteiger partial charge in [-0.15, -0.1) is 0 Å². The van der Waals surface area contributed by atoms with Gasteiger partial charge in [-0.05, 0) is 55.3 Å². The molecule has 1 fully saturated rings. The van der Waals surface area contributed by atoms with Crippen molar-refractivity contribution in [2.24, 2.45) is 0 Å². The molecule has 0 saturated carbocycles. The molecule has 1 atom stereocenters. The molecule has 0 bridgehead atoms. The summed E-state index contributed by atoms with van der Waals surface area (Å²) in [6, 6.07) is 20.1. The van der Waals surface area contributed by atoms with Crippen LogP contribution in [0.1, 0.15) is 36.6 Å². The Morgan fingerprint density at radius 2 is 1.88 bits per heavy atom. The number of anilines is 1. The van der Waals surface area contributed by atoms with Crippen molar-refractivity contribution >= 4 is 5.69 Å². The van der Waals surface area contributed by atoms with E-state index in [0.717, 1.165) is 49.8 Å². The summed E-state index contributed by atoms with van der Waals surface area (Å²) in [5.74, 6) is 0.954. The van der Waals surface area contributed by atoms with Crippen LogP contribution in [0.3, 0.4) is 0 Å². The second kappa shape index (κ2) is 11.2. The Hall–Kier alpha value is -3.09. The third kappa shape index (κ3) is 6.24. The minimum atomic E-state index is 0.00594. The number of benzene rings is 2. The number of aromatic nitrogens is 1. The van der Waals surface area contributed by atoms with E-state index in [2.05, 4.69) is 47.5 Å². The fraction of sp³-hybridized carbons (Fsp3) is 0.370. The molecule has 1 aromatic heterocycles. The highest BCUT2D eigenvalue weighted by Crippen LogP contribution is 2.27. The molecule has 2 heterocycles. The van der Waals surface area contributed by atoms with Crippen LogP contribution in [0.15, 0.2) is 71.7 Å². The first-order chi connectivity index (χ1) is 16.1. The second-order valence-corrected chi connectivity index (χ2v) is 8.42. The van der Waals surface area contributed by atoms with Gasteiger partial charge in [0.1, 0.15) is 5.75 Å². The fourth-order valence-electron chi connectivity index (χ4n) is 4.17. The summed E-state index contributed by atoms with van der Waals surface area (Å²) in [5.41, 5.74) is 4.55. The van der Waals surface area contributed by atoms with Crippen LogP contribution < -0.4 is 15.6 Å². The van der Waals surface area contributed by atoms with Crippen molar-refractivity contribution in [1.29, 1.82) is 0 Å². The Labute approximate surface area is 195 Å². The van der Waals surface area contributed by atoms with Crippen LogP contribution in [0.5, 0.6) is 5.75 Å². The van der Waals surface area contributed by atoms with E-state index < -0.39 is 0 Å². The van der Waals surface area contributed by atoms with Crippen LogP contribution in [-0.4, -0.2) is 42.4 Å². The number of nitrogens with zero attached hydrogens (tertiary/aromatic N) is 2. The lowest BCUT2D eigenvalue weighted by Crippen LogP contribution is -2.35. The van der Waals surface area contributed by atoms with Crippen molar-refractivity contribution in [2.45, 2.75) is 33.0 Å². The summed E-state index contributed by atoms with van der Waals surface area (Å²) in [4.78, 5) is 14.5. The Balaban J connectivity index is 1.48. The maximum atomic E-state index is 12.0. The highest BCUT2D eigenvalue weighted by molar-refractivity contribution is 5.49. The van der Waals surface area contributed by atoms with Gasteiger partial charge in [0.05, 0.1) is 26.4 Å². The smallest absolute Gasteiger partial charge is 0.250 e. The van der Waals surface area contributed by atoms with Gasteiger partial charge >= 0.3 is 0 Å². The summed E-state index contributed by atoms with van der Waals surface area (Å²) in [6.45, 7) is 9.72. The zero-order chi connectivity index (χ0) is 23.0. The average molecular weight is 448 g/mol. The monoisotopic (exact) mass is 447 g/mol.